The Morgan fingerprint density at radius 2 is 2.08 bits per heavy atom. The van der Waals surface area contributed by atoms with Crippen molar-refractivity contribution in [2.45, 2.75) is 38.6 Å². The third-order valence-corrected chi connectivity index (χ3v) is 4.49. The first-order chi connectivity index (χ1) is 12.1. The van der Waals surface area contributed by atoms with Crippen LogP contribution in [0.1, 0.15) is 32.6 Å². The van der Waals surface area contributed by atoms with Crippen LogP contribution in [0.15, 0.2) is 28.7 Å². The average molecular weight is 413 g/mol. The Morgan fingerprint density at radius 3 is 2.76 bits per heavy atom. The summed E-state index contributed by atoms with van der Waals surface area (Å²) in [6, 6.07) is 7.77. The molecule has 0 unspecified atom stereocenters. The molecule has 2 rings (SSSR count). The first-order valence-electron chi connectivity index (χ1n) is 8.68. The molecule has 0 bridgehead atoms. The lowest BCUT2D eigenvalue weighted by Gasteiger charge is -2.31. The maximum Gasteiger partial charge on any atom is 0.409 e. The van der Waals surface area contributed by atoms with Crippen molar-refractivity contribution in [2.75, 3.05) is 26.3 Å². The number of nitrogens with zero attached hydrogens (tertiary/aromatic N) is 1. The molecule has 25 heavy (non-hydrogen) atoms. The van der Waals surface area contributed by atoms with Crippen molar-refractivity contribution >= 4 is 27.9 Å². The predicted molar refractivity (Wildman–Crippen MR) is 98.6 cm³/mol. The zero-order valence-electron chi connectivity index (χ0n) is 14.5. The average Bonchev–Trinajstić information content (AvgIpc) is 2.60. The number of carbonyl (C=O) groups is 2. The van der Waals surface area contributed by atoms with E-state index >= 15 is 0 Å². The van der Waals surface area contributed by atoms with Gasteiger partial charge in [0.05, 0.1) is 13.2 Å². The Kier molecular flexibility index (Phi) is 8.04. The molecule has 1 aromatic rings. The summed E-state index contributed by atoms with van der Waals surface area (Å²) >= 11 is 3.39. The number of amides is 2. The molecule has 0 aromatic heterocycles. The minimum Gasteiger partial charge on any atom is -0.494 e. The molecule has 138 valence electrons. The van der Waals surface area contributed by atoms with Crippen LogP contribution in [-0.4, -0.2) is 49.2 Å². The van der Waals surface area contributed by atoms with Gasteiger partial charge in [0.25, 0.3) is 0 Å². The second-order valence-electron chi connectivity index (χ2n) is 5.94. The van der Waals surface area contributed by atoms with Gasteiger partial charge in [-0.25, -0.2) is 4.79 Å². The molecular formula is C18H25BrN2O4. The molecule has 7 heteroatoms. The molecule has 0 spiro atoms. The topological polar surface area (TPSA) is 67.9 Å². The molecule has 0 radical (unpaired) electrons. The summed E-state index contributed by atoms with van der Waals surface area (Å²) in [6.45, 7) is 3.93. The van der Waals surface area contributed by atoms with Crippen molar-refractivity contribution in [1.29, 1.82) is 0 Å². The van der Waals surface area contributed by atoms with Gasteiger partial charge in [0.1, 0.15) is 5.75 Å². The van der Waals surface area contributed by atoms with Gasteiger partial charge in [0.2, 0.25) is 5.91 Å². The molecule has 1 fully saturated rings. The SMILES string of the molecule is CCOC(=O)N1CCC(NC(=O)CCCOc2cccc(Br)c2)CC1. The number of hydrogen-bond donors (Lipinski definition) is 1. The van der Waals surface area contributed by atoms with E-state index in [1.54, 1.807) is 11.8 Å². The van der Waals surface area contributed by atoms with Gasteiger partial charge in [-0.15, -0.1) is 0 Å². The lowest BCUT2D eigenvalue weighted by molar-refractivity contribution is -0.122. The lowest BCUT2D eigenvalue weighted by Crippen LogP contribution is -2.46. The van der Waals surface area contributed by atoms with E-state index < -0.39 is 0 Å². The lowest BCUT2D eigenvalue weighted by atomic mass is 10.1. The Bertz CT molecular complexity index is 574. The van der Waals surface area contributed by atoms with E-state index in [2.05, 4.69) is 21.2 Å². The molecular weight excluding hydrogens is 388 g/mol. The van der Waals surface area contributed by atoms with E-state index in [0.29, 0.717) is 39.1 Å². The van der Waals surface area contributed by atoms with E-state index in [9.17, 15) is 9.59 Å². The highest BCUT2D eigenvalue weighted by Crippen LogP contribution is 2.18. The van der Waals surface area contributed by atoms with Gasteiger partial charge in [0.15, 0.2) is 0 Å². The van der Waals surface area contributed by atoms with Crippen molar-refractivity contribution in [3.63, 3.8) is 0 Å². The van der Waals surface area contributed by atoms with Crippen molar-refractivity contribution in [3.05, 3.63) is 28.7 Å². The first-order valence-corrected chi connectivity index (χ1v) is 9.47. The minimum absolute atomic E-state index is 0.0347. The summed E-state index contributed by atoms with van der Waals surface area (Å²) in [5.41, 5.74) is 0. The monoisotopic (exact) mass is 412 g/mol. The molecule has 1 aliphatic rings. The van der Waals surface area contributed by atoms with Crippen LogP contribution < -0.4 is 10.1 Å². The van der Waals surface area contributed by atoms with Crippen LogP contribution in [0.2, 0.25) is 0 Å². The Hall–Kier alpha value is -1.76. The van der Waals surface area contributed by atoms with E-state index in [4.69, 9.17) is 9.47 Å². The second-order valence-corrected chi connectivity index (χ2v) is 6.85. The fraction of sp³-hybridized carbons (Fsp3) is 0.556. The van der Waals surface area contributed by atoms with E-state index in [1.807, 2.05) is 24.3 Å². The summed E-state index contributed by atoms with van der Waals surface area (Å²) in [6.07, 6.45) is 2.36. The zero-order valence-corrected chi connectivity index (χ0v) is 16.1. The Balaban J connectivity index is 1.59. The fourth-order valence-electron chi connectivity index (χ4n) is 2.70. The third kappa shape index (κ3) is 6.94. The number of rotatable bonds is 7. The maximum absolute atomic E-state index is 12.0. The van der Waals surface area contributed by atoms with Crippen LogP contribution in [0.3, 0.4) is 0 Å². The normalized spacial score (nSPS) is 14.9. The fourth-order valence-corrected chi connectivity index (χ4v) is 3.08. The maximum atomic E-state index is 12.0. The number of piperidine rings is 1. The number of benzene rings is 1. The standard InChI is InChI=1S/C18H25BrN2O4/c1-2-24-18(23)21-10-8-15(9-11-21)20-17(22)7-4-12-25-16-6-3-5-14(19)13-16/h3,5-6,13,15H,2,4,7-12H2,1H3,(H,20,22). The van der Waals surface area contributed by atoms with Crippen LogP contribution >= 0.6 is 15.9 Å². The predicted octanol–water partition coefficient (Wildman–Crippen LogP) is 3.35. The van der Waals surface area contributed by atoms with Crippen LogP contribution in [0, 0.1) is 0 Å². The van der Waals surface area contributed by atoms with Crippen molar-refractivity contribution in [2.24, 2.45) is 0 Å². The van der Waals surface area contributed by atoms with E-state index in [1.165, 1.54) is 0 Å². The number of hydrogen-bond acceptors (Lipinski definition) is 4. The summed E-state index contributed by atoms with van der Waals surface area (Å²) in [7, 11) is 0. The Morgan fingerprint density at radius 1 is 1.32 bits per heavy atom. The molecule has 6 nitrogen and oxygen atoms in total. The molecule has 0 atom stereocenters. The van der Waals surface area contributed by atoms with Gasteiger partial charge < -0.3 is 19.7 Å². The zero-order chi connectivity index (χ0) is 18.1. The van der Waals surface area contributed by atoms with Crippen LogP contribution in [-0.2, 0) is 9.53 Å². The molecule has 1 saturated heterocycles. The number of carbonyl (C=O) groups excluding carboxylic acids is 2. The first kappa shape index (κ1) is 19.6. The van der Waals surface area contributed by atoms with E-state index in [-0.39, 0.29) is 18.0 Å². The van der Waals surface area contributed by atoms with Crippen molar-refractivity contribution < 1.29 is 19.1 Å². The van der Waals surface area contributed by atoms with Gasteiger partial charge in [-0.2, -0.15) is 0 Å². The van der Waals surface area contributed by atoms with Gasteiger partial charge in [-0.05, 0) is 44.4 Å². The van der Waals surface area contributed by atoms with Crippen LogP contribution in [0.25, 0.3) is 0 Å². The van der Waals surface area contributed by atoms with Gasteiger partial charge >= 0.3 is 6.09 Å². The molecule has 0 aliphatic carbocycles. The molecule has 1 heterocycles. The number of nitrogens with one attached hydrogen (secondary N) is 1. The minimum atomic E-state index is -0.267. The highest BCUT2D eigenvalue weighted by Gasteiger charge is 2.24. The quantitative estimate of drug-likeness (QED) is 0.697. The summed E-state index contributed by atoms with van der Waals surface area (Å²) in [4.78, 5) is 25.3. The Labute approximate surface area is 157 Å². The number of ether oxygens (including phenoxy) is 2. The van der Waals surface area contributed by atoms with Crippen LogP contribution in [0.5, 0.6) is 5.75 Å². The van der Waals surface area contributed by atoms with E-state index in [0.717, 1.165) is 23.1 Å². The van der Waals surface area contributed by atoms with Crippen molar-refractivity contribution in [1.82, 2.24) is 10.2 Å². The van der Waals surface area contributed by atoms with Gasteiger partial charge in [-0.3, -0.25) is 4.79 Å². The molecule has 1 aromatic carbocycles. The highest BCUT2D eigenvalue weighted by atomic mass is 79.9. The molecule has 1 N–H and O–H groups in total. The second kappa shape index (κ2) is 10.3. The molecule has 0 saturated carbocycles. The summed E-state index contributed by atoms with van der Waals surface area (Å²) in [5, 5.41) is 3.04. The third-order valence-electron chi connectivity index (χ3n) is 4.00. The number of likely N-dealkylation sites (tertiary alicyclic amines) is 1. The molecule has 2 amide bonds. The smallest absolute Gasteiger partial charge is 0.409 e. The number of halogens is 1. The summed E-state index contributed by atoms with van der Waals surface area (Å²) in [5.74, 6) is 0.827. The van der Waals surface area contributed by atoms with Gasteiger partial charge in [-0.1, -0.05) is 22.0 Å². The van der Waals surface area contributed by atoms with Crippen LogP contribution in [0.4, 0.5) is 4.79 Å². The molecule has 1 aliphatic heterocycles. The van der Waals surface area contributed by atoms with Gasteiger partial charge in [0, 0.05) is 30.0 Å². The van der Waals surface area contributed by atoms with Crippen molar-refractivity contribution in [3.8, 4) is 5.75 Å². The highest BCUT2D eigenvalue weighted by molar-refractivity contribution is 9.10. The largest absolute Gasteiger partial charge is 0.494 e. The summed E-state index contributed by atoms with van der Waals surface area (Å²) < 4.78 is 11.6.